The van der Waals surface area contributed by atoms with Crippen LogP contribution in [0.3, 0.4) is 0 Å². The molecule has 0 fully saturated rings. The van der Waals surface area contributed by atoms with Crippen LogP contribution in [0.25, 0.3) is 11.3 Å². The summed E-state index contributed by atoms with van der Waals surface area (Å²) in [5.74, 6) is 0.159. The lowest BCUT2D eigenvalue weighted by Gasteiger charge is -2.08. The van der Waals surface area contributed by atoms with Gasteiger partial charge in [0.25, 0.3) is 0 Å². The van der Waals surface area contributed by atoms with Gasteiger partial charge in [-0.1, -0.05) is 24.3 Å². The Balaban J connectivity index is 2.42. The van der Waals surface area contributed by atoms with Crippen molar-refractivity contribution in [2.75, 3.05) is 7.11 Å². The Morgan fingerprint density at radius 3 is 2.63 bits per heavy atom. The maximum Gasteiger partial charge on any atom is 0.313 e. The lowest BCUT2D eigenvalue weighted by Crippen LogP contribution is -2.09. The SMILES string of the molecule is COC(=O)Cc1nc(C)cc(-c2ccccc2C)n1. The van der Waals surface area contributed by atoms with E-state index < -0.39 is 0 Å². The number of ether oxygens (including phenoxy) is 1. The van der Waals surface area contributed by atoms with Gasteiger partial charge in [-0.05, 0) is 25.5 Å². The highest BCUT2D eigenvalue weighted by molar-refractivity contribution is 5.72. The lowest BCUT2D eigenvalue weighted by atomic mass is 10.1. The molecule has 0 aliphatic heterocycles. The molecule has 0 N–H and O–H groups in total. The van der Waals surface area contributed by atoms with Crippen LogP contribution in [0.4, 0.5) is 0 Å². The van der Waals surface area contributed by atoms with E-state index in [-0.39, 0.29) is 12.4 Å². The average molecular weight is 256 g/mol. The quantitative estimate of drug-likeness (QED) is 0.792. The van der Waals surface area contributed by atoms with Gasteiger partial charge in [0.05, 0.1) is 12.8 Å². The van der Waals surface area contributed by atoms with Crippen molar-refractivity contribution in [2.45, 2.75) is 20.3 Å². The number of carbonyl (C=O) groups is 1. The Hall–Kier alpha value is -2.23. The number of benzene rings is 1. The maximum atomic E-state index is 11.3. The van der Waals surface area contributed by atoms with Crippen molar-refractivity contribution in [1.82, 2.24) is 9.97 Å². The zero-order valence-electron chi connectivity index (χ0n) is 11.3. The van der Waals surface area contributed by atoms with Crippen molar-refractivity contribution in [3.8, 4) is 11.3 Å². The number of aromatic nitrogens is 2. The van der Waals surface area contributed by atoms with Crippen LogP contribution in [0.15, 0.2) is 30.3 Å². The summed E-state index contributed by atoms with van der Waals surface area (Å²) in [4.78, 5) is 20.0. The highest BCUT2D eigenvalue weighted by atomic mass is 16.5. The zero-order valence-corrected chi connectivity index (χ0v) is 11.3. The van der Waals surface area contributed by atoms with Crippen molar-refractivity contribution in [2.24, 2.45) is 0 Å². The molecule has 0 bridgehead atoms. The first-order chi connectivity index (χ1) is 9.10. The van der Waals surface area contributed by atoms with Crippen LogP contribution in [0, 0.1) is 13.8 Å². The summed E-state index contributed by atoms with van der Waals surface area (Å²) in [5, 5.41) is 0. The molecule has 2 rings (SSSR count). The van der Waals surface area contributed by atoms with Gasteiger partial charge < -0.3 is 4.74 Å². The molecule has 0 radical (unpaired) electrons. The molecular weight excluding hydrogens is 240 g/mol. The van der Waals surface area contributed by atoms with Crippen LogP contribution in [-0.2, 0) is 16.0 Å². The van der Waals surface area contributed by atoms with Crippen molar-refractivity contribution < 1.29 is 9.53 Å². The van der Waals surface area contributed by atoms with E-state index in [9.17, 15) is 4.79 Å². The smallest absolute Gasteiger partial charge is 0.313 e. The molecule has 0 atom stereocenters. The van der Waals surface area contributed by atoms with Crippen LogP contribution >= 0.6 is 0 Å². The Bertz CT molecular complexity index is 609. The van der Waals surface area contributed by atoms with E-state index in [1.54, 1.807) is 0 Å². The van der Waals surface area contributed by atoms with Gasteiger partial charge >= 0.3 is 5.97 Å². The molecule has 98 valence electrons. The Morgan fingerprint density at radius 2 is 1.95 bits per heavy atom. The summed E-state index contributed by atoms with van der Waals surface area (Å²) in [6, 6.07) is 9.93. The summed E-state index contributed by atoms with van der Waals surface area (Å²) in [6.45, 7) is 3.93. The molecule has 1 heterocycles. The van der Waals surface area contributed by atoms with Crippen molar-refractivity contribution >= 4 is 5.97 Å². The van der Waals surface area contributed by atoms with E-state index in [1.807, 2.05) is 44.2 Å². The molecule has 0 saturated carbocycles. The number of methoxy groups -OCH3 is 1. The molecule has 0 unspecified atom stereocenters. The fourth-order valence-corrected chi connectivity index (χ4v) is 1.91. The monoisotopic (exact) mass is 256 g/mol. The summed E-state index contributed by atoms with van der Waals surface area (Å²) in [6.07, 6.45) is 0.0943. The molecule has 0 spiro atoms. The highest BCUT2D eigenvalue weighted by Crippen LogP contribution is 2.21. The molecule has 1 aromatic carbocycles. The second-order valence-corrected chi connectivity index (χ2v) is 4.38. The third-order valence-electron chi connectivity index (χ3n) is 2.85. The first kappa shape index (κ1) is 13.2. The first-order valence-corrected chi connectivity index (χ1v) is 6.07. The third kappa shape index (κ3) is 3.16. The molecule has 0 aliphatic carbocycles. The maximum absolute atomic E-state index is 11.3. The number of rotatable bonds is 3. The van der Waals surface area contributed by atoms with Crippen LogP contribution in [0.1, 0.15) is 17.1 Å². The number of carbonyl (C=O) groups excluding carboxylic acids is 1. The normalized spacial score (nSPS) is 10.3. The van der Waals surface area contributed by atoms with E-state index >= 15 is 0 Å². The lowest BCUT2D eigenvalue weighted by molar-refractivity contribution is -0.139. The van der Waals surface area contributed by atoms with Crippen molar-refractivity contribution in [3.05, 3.63) is 47.4 Å². The number of esters is 1. The van der Waals surface area contributed by atoms with E-state index in [1.165, 1.54) is 7.11 Å². The molecule has 4 nitrogen and oxygen atoms in total. The molecule has 0 saturated heterocycles. The van der Waals surface area contributed by atoms with E-state index in [2.05, 4.69) is 14.7 Å². The largest absolute Gasteiger partial charge is 0.469 e. The van der Waals surface area contributed by atoms with Gasteiger partial charge in [0.15, 0.2) is 0 Å². The number of hydrogen-bond donors (Lipinski definition) is 0. The Morgan fingerprint density at radius 1 is 1.21 bits per heavy atom. The van der Waals surface area contributed by atoms with Gasteiger partial charge in [0.2, 0.25) is 0 Å². The predicted molar refractivity (Wildman–Crippen MR) is 72.7 cm³/mol. The third-order valence-corrected chi connectivity index (χ3v) is 2.85. The summed E-state index contributed by atoms with van der Waals surface area (Å²) >= 11 is 0. The van der Waals surface area contributed by atoms with Gasteiger partial charge in [0.1, 0.15) is 12.2 Å². The standard InChI is InChI=1S/C15H16N2O2/c1-10-6-4-5-7-12(10)13-8-11(2)16-14(17-13)9-15(18)19-3/h4-8H,9H2,1-3H3. The van der Waals surface area contributed by atoms with Gasteiger partial charge in [-0.2, -0.15) is 0 Å². The highest BCUT2D eigenvalue weighted by Gasteiger charge is 2.10. The van der Waals surface area contributed by atoms with E-state index in [0.29, 0.717) is 5.82 Å². The summed E-state index contributed by atoms with van der Waals surface area (Å²) in [7, 11) is 1.36. The van der Waals surface area contributed by atoms with Crippen LogP contribution in [0.5, 0.6) is 0 Å². The van der Waals surface area contributed by atoms with E-state index in [0.717, 1.165) is 22.5 Å². The molecular formula is C15H16N2O2. The van der Waals surface area contributed by atoms with Gasteiger partial charge in [-0.25, -0.2) is 9.97 Å². The number of aryl methyl sites for hydroxylation is 2. The molecule has 0 aliphatic rings. The van der Waals surface area contributed by atoms with Crippen molar-refractivity contribution in [1.29, 1.82) is 0 Å². The van der Waals surface area contributed by atoms with Gasteiger partial charge in [-0.3, -0.25) is 4.79 Å². The topological polar surface area (TPSA) is 52.1 Å². The fraction of sp³-hybridized carbons (Fsp3) is 0.267. The Labute approximate surface area is 112 Å². The molecule has 2 aromatic rings. The Kier molecular flexibility index (Phi) is 3.90. The zero-order chi connectivity index (χ0) is 13.8. The minimum atomic E-state index is -0.332. The molecule has 4 heteroatoms. The van der Waals surface area contributed by atoms with Gasteiger partial charge in [-0.15, -0.1) is 0 Å². The first-order valence-electron chi connectivity index (χ1n) is 6.07. The number of nitrogens with zero attached hydrogens (tertiary/aromatic N) is 2. The minimum Gasteiger partial charge on any atom is -0.469 e. The van der Waals surface area contributed by atoms with Crippen LogP contribution in [-0.4, -0.2) is 23.0 Å². The second kappa shape index (κ2) is 5.61. The average Bonchev–Trinajstić information content (AvgIpc) is 2.38. The van der Waals surface area contributed by atoms with Crippen LogP contribution in [0.2, 0.25) is 0 Å². The number of hydrogen-bond acceptors (Lipinski definition) is 4. The second-order valence-electron chi connectivity index (χ2n) is 4.38. The van der Waals surface area contributed by atoms with Crippen LogP contribution < -0.4 is 0 Å². The summed E-state index contributed by atoms with van der Waals surface area (Å²) < 4.78 is 4.64. The summed E-state index contributed by atoms with van der Waals surface area (Å²) in [5.41, 5.74) is 3.88. The molecule has 0 amide bonds. The van der Waals surface area contributed by atoms with Gasteiger partial charge in [0, 0.05) is 11.3 Å². The minimum absolute atomic E-state index is 0.0943. The van der Waals surface area contributed by atoms with Crippen molar-refractivity contribution in [3.63, 3.8) is 0 Å². The fourth-order valence-electron chi connectivity index (χ4n) is 1.91. The molecule has 19 heavy (non-hydrogen) atoms. The molecule has 1 aromatic heterocycles. The predicted octanol–water partition coefficient (Wildman–Crippen LogP) is 2.48. The van der Waals surface area contributed by atoms with E-state index in [4.69, 9.17) is 0 Å².